The molecule has 162 valence electrons. The zero-order chi connectivity index (χ0) is 20.8. The normalized spacial score (nSPS) is 32.4. The fourth-order valence-electron chi connectivity index (χ4n) is 5.74. The summed E-state index contributed by atoms with van der Waals surface area (Å²) < 4.78 is 6.10. The summed E-state index contributed by atoms with van der Waals surface area (Å²) in [6.07, 6.45) is 5.86. The highest BCUT2D eigenvalue weighted by Gasteiger charge is 2.37. The van der Waals surface area contributed by atoms with Crippen LogP contribution in [0.4, 0.5) is 6.01 Å². The summed E-state index contributed by atoms with van der Waals surface area (Å²) in [5.41, 5.74) is 1.95. The van der Waals surface area contributed by atoms with Gasteiger partial charge < -0.3 is 24.9 Å². The number of carbonyl (C=O) groups is 1. The van der Waals surface area contributed by atoms with Gasteiger partial charge in [-0.15, -0.1) is 0 Å². The fraction of sp³-hybridized carbons (Fsp3) is 0.652. The van der Waals surface area contributed by atoms with Gasteiger partial charge in [-0.05, 0) is 58.7 Å². The molecule has 3 fully saturated rings. The monoisotopic (exact) mass is 411 g/mol. The Balaban J connectivity index is 1.38. The lowest BCUT2D eigenvalue weighted by atomic mass is 9.82. The Morgan fingerprint density at radius 1 is 1.17 bits per heavy atom. The Morgan fingerprint density at radius 2 is 1.87 bits per heavy atom. The number of hydrogen-bond donors (Lipinski definition) is 2. The zero-order valence-corrected chi connectivity index (χ0v) is 18.2. The average molecular weight is 412 g/mol. The number of fused-ring (bicyclic) bond motifs is 3. The standard InChI is InChI=1S/C23H33N5O2/c1-14-12-24-13-15(2)28(14)23-26-21-19(8-5-9-20(21)30-23)22(29)25-16-10-17-6-4-7-18(11-16)27(17)3/h5,8-9,14-18,24H,4,6-7,10-13H2,1-3H3,(H,25,29)/t14-,15+,16?,17-,18+. The van der Waals surface area contributed by atoms with Crippen molar-refractivity contribution in [2.45, 2.75) is 76.2 Å². The van der Waals surface area contributed by atoms with Crippen molar-refractivity contribution in [3.8, 4) is 0 Å². The van der Waals surface area contributed by atoms with Gasteiger partial charge in [-0.1, -0.05) is 12.5 Å². The van der Waals surface area contributed by atoms with Gasteiger partial charge in [-0.3, -0.25) is 4.79 Å². The first-order valence-electron chi connectivity index (χ1n) is 11.4. The van der Waals surface area contributed by atoms with Crippen molar-refractivity contribution in [3.63, 3.8) is 0 Å². The van der Waals surface area contributed by atoms with Gasteiger partial charge in [0.15, 0.2) is 5.58 Å². The van der Waals surface area contributed by atoms with Crippen LogP contribution in [0.15, 0.2) is 22.6 Å². The van der Waals surface area contributed by atoms with E-state index in [2.05, 4.69) is 41.3 Å². The molecule has 30 heavy (non-hydrogen) atoms. The van der Waals surface area contributed by atoms with Gasteiger partial charge in [-0.2, -0.15) is 4.98 Å². The Bertz CT molecular complexity index is 903. The highest BCUT2D eigenvalue weighted by molar-refractivity contribution is 6.04. The Kier molecular flexibility index (Phi) is 5.19. The number of anilines is 1. The van der Waals surface area contributed by atoms with Crippen molar-refractivity contribution < 1.29 is 9.21 Å². The second kappa shape index (κ2) is 7.85. The number of benzene rings is 1. The van der Waals surface area contributed by atoms with Crippen molar-refractivity contribution in [3.05, 3.63) is 23.8 Å². The molecule has 5 atom stereocenters. The summed E-state index contributed by atoms with van der Waals surface area (Å²) in [5.74, 6) is -0.0329. The first kappa shape index (κ1) is 19.8. The highest BCUT2D eigenvalue weighted by Crippen LogP contribution is 2.33. The van der Waals surface area contributed by atoms with Gasteiger partial charge in [0.05, 0.1) is 5.56 Å². The molecule has 0 aliphatic carbocycles. The molecule has 1 aromatic carbocycles. The molecule has 3 aliphatic rings. The van der Waals surface area contributed by atoms with E-state index in [4.69, 9.17) is 9.40 Å². The summed E-state index contributed by atoms with van der Waals surface area (Å²) in [5, 5.41) is 6.75. The number of nitrogens with one attached hydrogen (secondary N) is 2. The van der Waals surface area contributed by atoms with Crippen molar-refractivity contribution >= 4 is 23.0 Å². The van der Waals surface area contributed by atoms with E-state index < -0.39 is 0 Å². The number of amides is 1. The molecule has 7 nitrogen and oxygen atoms in total. The minimum absolute atomic E-state index is 0.0329. The number of nitrogens with zero attached hydrogens (tertiary/aromatic N) is 3. The minimum atomic E-state index is -0.0329. The molecule has 0 spiro atoms. The molecule has 3 saturated heterocycles. The number of carbonyl (C=O) groups excluding carboxylic acids is 1. The lowest BCUT2D eigenvalue weighted by Gasteiger charge is -2.47. The quantitative estimate of drug-likeness (QED) is 0.809. The van der Waals surface area contributed by atoms with Crippen LogP contribution in [0.1, 0.15) is 56.3 Å². The van der Waals surface area contributed by atoms with Crippen LogP contribution in [0.2, 0.25) is 0 Å². The minimum Gasteiger partial charge on any atom is -0.423 e. The molecule has 3 aliphatic heterocycles. The smallest absolute Gasteiger partial charge is 0.298 e. The zero-order valence-electron chi connectivity index (χ0n) is 18.2. The molecule has 2 N–H and O–H groups in total. The molecule has 5 rings (SSSR count). The van der Waals surface area contributed by atoms with Crippen LogP contribution in [0.25, 0.3) is 11.1 Å². The third kappa shape index (κ3) is 3.48. The van der Waals surface area contributed by atoms with Crippen LogP contribution >= 0.6 is 0 Å². The highest BCUT2D eigenvalue weighted by atomic mass is 16.4. The van der Waals surface area contributed by atoms with E-state index in [1.54, 1.807) is 0 Å². The van der Waals surface area contributed by atoms with Gasteiger partial charge in [-0.25, -0.2) is 0 Å². The first-order valence-corrected chi connectivity index (χ1v) is 11.4. The van der Waals surface area contributed by atoms with E-state index in [1.165, 1.54) is 19.3 Å². The molecule has 2 aromatic rings. The molecular weight excluding hydrogens is 378 g/mol. The Hall–Kier alpha value is -2.12. The topological polar surface area (TPSA) is 73.6 Å². The van der Waals surface area contributed by atoms with Crippen molar-refractivity contribution in [2.75, 3.05) is 25.0 Å². The molecule has 2 bridgehead atoms. The molecule has 0 saturated carbocycles. The number of para-hydroxylation sites is 1. The molecule has 0 radical (unpaired) electrons. The van der Waals surface area contributed by atoms with Crippen molar-refractivity contribution in [1.82, 2.24) is 20.5 Å². The molecule has 1 aromatic heterocycles. The van der Waals surface area contributed by atoms with Gasteiger partial charge >= 0.3 is 0 Å². The van der Waals surface area contributed by atoms with Crippen LogP contribution in [0.5, 0.6) is 0 Å². The Morgan fingerprint density at radius 3 is 2.57 bits per heavy atom. The Labute approximate surface area is 178 Å². The summed E-state index contributed by atoms with van der Waals surface area (Å²) in [4.78, 5) is 22.7. The van der Waals surface area contributed by atoms with E-state index in [1.807, 2.05) is 18.2 Å². The van der Waals surface area contributed by atoms with E-state index >= 15 is 0 Å². The maximum absolute atomic E-state index is 13.2. The van der Waals surface area contributed by atoms with Crippen LogP contribution < -0.4 is 15.5 Å². The number of oxazole rings is 1. The van der Waals surface area contributed by atoms with Crippen LogP contribution in [-0.2, 0) is 0 Å². The van der Waals surface area contributed by atoms with Crippen LogP contribution in [0, 0.1) is 0 Å². The van der Waals surface area contributed by atoms with Gasteiger partial charge in [0, 0.05) is 43.3 Å². The number of rotatable bonds is 3. The molecule has 4 heterocycles. The predicted octanol–water partition coefficient (Wildman–Crippen LogP) is 2.76. The van der Waals surface area contributed by atoms with Crippen LogP contribution in [-0.4, -0.2) is 66.1 Å². The number of piperazine rings is 1. The average Bonchev–Trinajstić information content (AvgIpc) is 3.12. The molecule has 1 amide bonds. The maximum atomic E-state index is 13.2. The molecular formula is C23H33N5O2. The van der Waals surface area contributed by atoms with Crippen molar-refractivity contribution in [1.29, 1.82) is 0 Å². The second-order valence-corrected chi connectivity index (χ2v) is 9.46. The third-order valence-electron chi connectivity index (χ3n) is 7.38. The largest absolute Gasteiger partial charge is 0.423 e. The van der Waals surface area contributed by atoms with Gasteiger partial charge in [0.1, 0.15) is 5.52 Å². The second-order valence-electron chi connectivity index (χ2n) is 9.46. The molecule has 7 heteroatoms. The van der Waals surface area contributed by atoms with E-state index in [-0.39, 0.29) is 24.0 Å². The lowest BCUT2D eigenvalue weighted by molar-refractivity contribution is 0.0463. The predicted molar refractivity (Wildman–Crippen MR) is 118 cm³/mol. The lowest BCUT2D eigenvalue weighted by Crippen LogP contribution is -2.55. The number of piperidine rings is 2. The fourth-order valence-corrected chi connectivity index (χ4v) is 5.74. The summed E-state index contributed by atoms with van der Waals surface area (Å²) >= 11 is 0. The van der Waals surface area contributed by atoms with E-state index in [0.29, 0.717) is 34.8 Å². The van der Waals surface area contributed by atoms with Crippen molar-refractivity contribution in [2.24, 2.45) is 0 Å². The summed E-state index contributed by atoms with van der Waals surface area (Å²) in [7, 11) is 2.24. The molecule has 1 unspecified atom stereocenters. The van der Waals surface area contributed by atoms with E-state index in [0.717, 1.165) is 25.9 Å². The van der Waals surface area contributed by atoms with Gasteiger partial charge in [0.2, 0.25) is 0 Å². The first-order chi connectivity index (χ1) is 14.5. The maximum Gasteiger partial charge on any atom is 0.298 e. The van der Waals surface area contributed by atoms with E-state index in [9.17, 15) is 4.79 Å². The SMILES string of the molecule is C[C@@H]1CNC[C@H](C)N1c1nc2c(C(=O)NC3C[C@H]4CCC[C@@H](C3)N4C)cccc2o1. The number of aromatic nitrogens is 1. The summed E-state index contributed by atoms with van der Waals surface area (Å²) in [6.45, 7) is 6.13. The van der Waals surface area contributed by atoms with Gasteiger partial charge in [0.25, 0.3) is 11.9 Å². The van der Waals surface area contributed by atoms with Crippen LogP contribution in [0.3, 0.4) is 0 Å². The summed E-state index contributed by atoms with van der Waals surface area (Å²) in [6, 6.07) is 8.26. The third-order valence-corrected chi connectivity index (χ3v) is 7.38. The number of hydrogen-bond acceptors (Lipinski definition) is 6.